The van der Waals surface area contributed by atoms with Crippen LogP contribution in [0.15, 0.2) is 24.0 Å². The molecule has 0 amide bonds. The third-order valence-electron chi connectivity index (χ3n) is 9.53. The van der Waals surface area contributed by atoms with Crippen LogP contribution in [0.4, 0.5) is 0 Å². The summed E-state index contributed by atoms with van der Waals surface area (Å²) in [7, 11) is 0. The van der Waals surface area contributed by atoms with Gasteiger partial charge in [-0.05, 0) is 51.0 Å². The van der Waals surface area contributed by atoms with Gasteiger partial charge < -0.3 is 14.9 Å². The molecule has 0 aliphatic carbocycles. The fourth-order valence-electron chi connectivity index (χ4n) is 6.33. The van der Waals surface area contributed by atoms with E-state index in [4.69, 9.17) is 4.74 Å². The van der Waals surface area contributed by atoms with Crippen LogP contribution in [-0.4, -0.2) is 28.9 Å². The van der Waals surface area contributed by atoms with Gasteiger partial charge in [-0.1, -0.05) is 193 Å². The Labute approximate surface area is 294 Å². The summed E-state index contributed by atoms with van der Waals surface area (Å²) in [4.78, 5) is 12.4. The molecule has 0 rings (SSSR count). The molecule has 0 saturated carbocycles. The molecule has 4 heteroatoms. The van der Waals surface area contributed by atoms with Gasteiger partial charge in [-0.15, -0.1) is 0 Å². The van der Waals surface area contributed by atoms with Crippen molar-refractivity contribution in [1.29, 1.82) is 0 Å². The van der Waals surface area contributed by atoms with Gasteiger partial charge in [0.1, 0.15) is 11.9 Å². The Morgan fingerprint density at radius 3 is 1.17 bits per heavy atom. The minimum atomic E-state index is -1.12. The number of carbonyl (C=O) groups excluding carboxylic acids is 1. The smallest absolute Gasteiger partial charge is 0.310 e. The second kappa shape index (κ2) is 39.3. The van der Waals surface area contributed by atoms with Gasteiger partial charge in [0, 0.05) is 6.42 Å². The van der Waals surface area contributed by atoms with Crippen molar-refractivity contribution in [3.63, 3.8) is 0 Å². The van der Waals surface area contributed by atoms with Crippen LogP contribution in [0.3, 0.4) is 0 Å². The summed E-state index contributed by atoms with van der Waals surface area (Å²) in [5, 5.41) is 19.5. The molecule has 2 N–H and O–H groups in total. The van der Waals surface area contributed by atoms with Gasteiger partial charge >= 0.3 is 5.97 Å². The van der Waals surface area contributed by atoms with Crippen LogP contribution in [0.1, 0.15) is 232 Å². The number of ether oxygens (including phenoxy) is 1. The first-order valence-corrected chi connectivity index (χ1v) is 21.0. The van der Waals surface area contributed by atoms with Gasteiger partial charge in [-0.2, -0.15) is 0 Å². The van der Waals surface area contributed by atoms with E-state index in [9.17, 15) is 15.0 Å². The molecule has 0 radical (unpaired) electrons. The van der Waals surface area contributed by atoms with E-state index in [1.54, 1.807) is 0 Å². The normalized spacial score (nSPS) is 12.7. The van der Waals surface area contributed by atoms with E-state index in [0.717, 1.165) is 44.9 Å². The van der Waals surface area contributed by atoms with Crippen molar-refractivity contribution in [2.75, 3.05) is 6.61 Å². The second-order valence-corrected chi connectivity index (χ2v) is 14.3. The summed E-state index contributed by atoms with van der Waals surface area (Å²) in [6.07, 6.45) is 48.2. The zero-order valence-electron chi connectivity index (χ0n) is 31.8. The number of esters is 1. The predicted octanol–water partition coefficient (Wildman–Crippen LogP) is 13.6. The third-order valence-corrected chi connectivity index (χ3v) is 9.53. The van der Waals surface area contributed by atoms with Crippen molar-refractivity contribution in [1.82, 2.24) is 0 Å². The number of hydrogen-bond donors (Lipinski definition) is 2. The van der Waals surface area contributed by atoms with Crippen molar-refractivity contribution < 1.29 is 19.7 Å². The number of hydrogen-bond acceptors (Lipinski definition) is 4. The maximum Gasteiger partial charge on any atom is 0.310 e. The highest BCUT2D eigenvalue weighted by Gasteiger charge is 2.15. The molecule has 47 heavy (non-hydrogen) atoms. The van der Waals surface area contributed by atoms with E-state index in [1.165, 1.54) is 167 Å². The Morgan fingerprint density at radius 1 is 0.489 bits per heavy atom. The average Bonchev–Trinajstić information content (AvgIpc) is 3.08. The van der Waals surface area contributed by atoms with Crippen LogP contribution in [0.25, 0.3) is 0 Å². The molecule has 278 valence electrons. The predicted molar refractivity (Wildman–Crippen MR) is 205 cm³/mol. The Morgan fingerprint density at radius 2 is 0.809 bits per heavy atom. The Hall–Kier alpha value is -1.13. The first kappa shape index (κ1) is 45.9. The summed E-state index contributed by atoms with van der Waals surface area (Å²) in [5.74, 6) is -0.0668. The molecule has 0 aromatic carbocycles. The van der Waals surface area contributed by atoms with E-state index < -0.39 is 12.7 Å². The molecule has 0 aliphatic heterocycles. The summed E-state index contributed by atoms with van der Waals surface area (Å²) in [5.41, 5.74) is 0. The van der Waals surface area contributed by atoms with Crippen molar-refractivity contribution in [2.24, 2.45) is 0 Å². The highest BCUT2D eigenvalue weighted by Crippen LogP contribution is 2.17. The summed E-state index contributed by atoms with van der Waals surface area (Å²) in [6, 6.07) is 0. The SMILES string of the molecule is CCCCCCCCCCC=CCCCCCCCC(=O)O/C(=C/CCCCCCCCCCCCCCCCCCC)C(O)CO. The van der Waals surface area contributed by atoms with Gasteiger partial charge in [-0.3, -0.25) is 4.79 Å². The van der Waals surface area contributed by atoms with E-state index in [0.29, 0.717) is 6.42 Å². The molecular formula is C43H82O4. The quantitative estimate of drug-likeness (QED) is 0.0299. The molecule has 0 spiro atoms. The lowest BCUT2D eigenvalue weighted by Gasteiger charge is -2.13. The number of unbranched alkanes of at least 4 members (excludes halogenated alkanes) is 30. The zero-order valence-corrected chi connectivity index (χ0v) is 31.8. The van der Waals surface area contributed by atoms with Crippen LogP contribution in [0, 0.1) is 0 Å². The topological polar surface area (TPSA) is 66.8 Å². The molecular weight excluding hydrogens is 580 g/mol. The number of carbonyl (C=O) groups is 1. The molecule has 0 aliphatic rings. The number of aliphatic hydroxyl groups is 2. The summed E-state index contributed by atoms with van der Waals surface area (Å²) < 4.78 is 5.47. The van der Waals surface area contributed by atoms with Crippen LogP contribution < -0.4 is 0 Å². The molecule has 0 bridgehead atoms. The van der Waals surface area contributed by atoms with Crippen molar-refractivity contribution in [2.45, 2.75) is 238 Å². The van der Waals surface area contributed by atoms with Gasteiger partial charge in [0.25, 0.3) is 0 Å². The van der Waals surface area contributed by atoms with Crippen molar-refractivity contribution >= 4 is 5.97 Å². The maximum absolute atomic E-state index is 12.4. The first-order valence-electron chi connectivity index (χ1n) is 21.0. The molecule has 4 nitrogen and oxygen atoms in total. The Bertz CT molecular complexity index is 685. The first-order chi connectivity index (χ1) is 23.2. The minimum Gasteiger partial charge on any atom is -0.428 e. The van der Waals surface area contributed by atoms with E-state index >= 15 is 0 Å². The largest absolute Gasteiger partial charge is 0.428 e. The standard InChI is InChI=1S/C43H82O4/c1-3-5-7-9-11-13-15-17-19-21-23-24-26-28-30-32-34-36-38-42(41(45)40-44)47-43(46)39-37-35-33-31-29-27-25-22-20-18-16-14-12-10-8-6-4-2/h22,25,38,41,44-45H,3-21,23-24,26-37,39-40H2,1-2H3/b25-22?,42-38+. The third kappa shape index (κ3) is 36.0. The molecule has 0 aromatic heterocycles. The monoisotopic (exact) mass is 663 g/mol. The van der Waals surface area contributed by atoms with E-state index in [2.05, 4.69) is 26.0 Å². The number of allylic oxidation sites excluding steroid dienone is 3. The molecule has 0 saturated heterocycles. The molecule has 0 aromatic rings. The van der Waals surface area contributed by atoms with Crippen molar-refractivity contribution in [3.05, 3.63) is 24.0 Å². The van der Waals surface area contributed by atoms with Gasteiger partial charge in [0.2, 0.25) is 0 Å². The Balaban J connectivity index is 3.69. The lowest BCUT2D eigenvalue weighted by Crippen LogP contribution is -2.20. The molecule has 1 unspecified atom stereocenters. The lowest BCUT2D eigenvalue weighted by molar-refractivity contribution is -0.141. The van der Waals surface area contributed by atoms with E-state index in [1.807, 2.05) is 6.08 Å². The van der Waals surface area contributed by atoms with Crippen LogP contribution in [0.5, 0.6) is 0 Å². The minimum absolute atomic E-state index is 0.229. The van der Waals surface area contributed by atoms with Crippen LogP contribution in [0.2, 0.25) is 0 Å². The van der Waals surface area contributed by atoms with Crippen LogP contribution >= 0.6 is 0 Å². The highest BCUT2D eigenvalue weighted by atomic mass is 16.5. The molecule has 0 fully saturated rings. The highest BCUT2D eigenvalue weighted by molar-refractivity contribution is 5.70. The summed E-state index contributed by atoms with van der Waals surface area (Å²) >= 11 is 0. The fourth-order valence-corrected chi connectivity index (χ4v) is 6.33. The molecule has 1 atom stereocenters. The summed E-state index contributed by atoms with van der Waals surface area (Å²) in [6.45, 7) is 4.13. The average molecular weight is 663 g/mol. The van der Waals surface area contributed by atoms with Gasteiger partial charge in [0.05, 0.1) is 6.61 Å². The second-order valence-electron chi connectivity index (χ2n) is 14.3. The van der Waals surface area contributed by atoms with Crippen LogP contribution in [-0.2, 0) is 9.53 Å². The van der Waals surface area contributed by atoms with Crippen molar-refractivity contribution in [3.8, 4) is 0 Å². The molecule has 0 heterocycles. The lowest BCUT2D eigenvalue weighted by atomic mass is 10.0. The van der Waals surface area contributed by atoms with Gasteiger partial charge in [-0.25, -0.2) is 0 Å². The van der Waals surface area contributed by atoms with Gasteiger partial charge in [0.15, 0.2) is 0 Å². The fraction of sp³-hybridized carbons (Fsp3) is 0.884. The Kier molecular flexibility index (Phi) is 38.4. The number of aliphatic hydroxyl groups excluding tert-OH is 2. The number of rotatable bonds is 38. The maximum atomic E-state index is 12.4. The van der Waals surface area contributed by atoms with E-state index in [-0.39, 0.29) is 11.7 Å². The zero-order chi connectivity index (χ0) is 34.3.